The molecule has 0 unspecified atom stereocenters. The molecule has 2 fully saturated rings. The van der Waals surface area contributed by atoms with Gasteiger partial charge >= 0.3 is 5.97 Å². The first-order valence-electron chi connectivity index (χ1n) is 17.3. The molecular weight excluding hydrogens is 621 g/mol. The van der Waals surface area contributed by atoms with Crippen molar-refractivity contribution in [3.05, 3.63) is 96.1 Å². The third-order valence-corrected chi connectivity index (χ3v) is 10.2. The maximum atomic E-state index is 11.1. The monoisotopic (exact) mass is 672 g/mol. The second kappa shape index (κ2) is 17.5. The molecule has 6 rings (SSSR count). The summed E-state index contributed by atoms with van der Waals surface area (Å²) >= 11 is 0. The van der Waals surface area contributed by atoms with Crippen LogP contribution in [0.25, 0.3) is 22.5 Å². The molecule has 0 aliphatic heterocycles. The van der Waals surface area contributed by atoms with Crippen molar-refractivity contribution >= 4 is 16.0 Å². The van der Waals surface area contributed by atoms with E-state index in [0.29, 0.717) is 0 Å². The molecule has 0 bridgehead atoms. The average molecular weight is 673 g/mol. The summed E-state index contributed by atoms with van der Waals surface area (Å²) in [4.78, 5) is 12.9. The number of esters is 1. The molecule has 2 aliphatic carbocycles. The van der Waals surface area contributed by atoms with Gasteiger partial charge in [-0.2, -0.15) is 15.0 Å². The fourth-order valence-corrected chi connectivity index (χ4v) is 6.87. The number of carbonyl (C=O) groups is 1. The molecule has 1 N–H and O–H groups in total. The van der Waals surface area contributed by atoms with Crippen LogP contribution in [0.15, 0.2) is 84.9 Å². The minimum atomic E-state index is -2.94. The molecule has 2 saturated carbocycles. The van der Waals surface area contributed by atoms with E-state index in [2.05, 4.69) is 85.3 Å². The summed E-state index contributed by atoms with van der Waals surface area (Å²) in [5.74, 6) is -0.0208. The Morgan fingerprint density at radius 1 is 0.750 bits per heavy atom. The number of aromatic nitrogens is 3. The van der Waals surface area contributed by atoms with Gasteiger partial charge in [0, 0.05) is 17.2 Å². The zero-order valence-corrected chi connectivity index (χ0v) is 30.1. The van der Waals surface area contributed by atoms with Crippen molar-refractivity contribution in [2.45, 2.75) is 110 Å². The molecular formula is C39H52N4O4S. The van der Waals surface area contributed by atoms with E-state index >= 15 is 0 Å². The number of hydrogen-bond donors (Lipinski definition) is 1. The van der Waals surface area contributed by atoms with Crippen LogP contribution in [0, 0.1) is 5.92 Å². The van der Waals surface area contributed by atoms with E-state index in [1.165, 1.54) is 24.0 Å². The van der Waals surface area contributed by atoms with Gasteiger partial charge in [0.1, 0.15) is 17.5 Å². The number of rotatable bonds is 10. The number of nitrogens with zero attached hydrogens (tertiary/aromatic N) is 3. The minimum Gasteiger partial charge on any atom is -0.462 e. The summed E-state index contributed by atoms with van der Waals surface area (Å²) in [7, 11) is -2.94. The molecule has 1 aromatic heterocycles. The zero-order valence-electron chi connectivity index (χ0n) is 29.3. The number of nitrogens with one attached hydrogen (secondary N) is 1. The van der Waals surface area contributed by atoms with Crippen LogP contribution >= 0.6 is 0 Å². The fraction of sp³-hybridized carbons (Fsp3) is 0.462. The third-order valence-electron chi connectivity index (χ3n) is 8.04. The van der Waals surface area contributed by atoms with Crippen molar-refractivity contribution in [2.24, 2.45) is 5.92 Å². The van der Waals surface area contributed by atoms with Gasteiger partial charge in [0.2, 0.25) is 10.0 Å². The third kappa shape index (κ3) is 11.4. The molecule has 48 heavy (non-hydrogen) atoms. The number of ether oxygens (including phenoxy) is 1. The van der Waals surface area contributed by atoms with Crippen LogP contribution in [-0.2, 0) is 26.0 Å². The maximum Gasteiger partial charge on any atom is 0.308 e. The Bertz CT molecular complexity index is 1660. The molecule has 1 heterocycles. The van der Waals surface area contributed by atoms with Crippen LogP contribution in [-0.4, -0.2) is 46.8 Å². The summed E-state index contributed by atoms with van der Waals surface area (Å²) in [6.45, 7) is 11.6. The van der Waals surface area contributed by atoms with Gasteiger partial charge in [0.25, 0.3) is 0 Å². The Hall–Kier alpha value is -3.82. The van der Waals surface area contributed by atoms with Gasteiger partial charge in [-0.25, -0.2) is 13.1 Å². The average Bonchev–Trinajstić information content (AvgIpc) is 3.64. The van der Waals surface area contributed by atoms with Gasteiger partial charge in [-0.15, -0.1) is 0 Å². The Morgan fingerprint density at radius 2 is 1.25 bits per heavy atom. The largest absolute Gasteiger partial charge is 0.462 e. The van der Waals surface area contributed by atoms with E-state index in [0.717, 1.165) is 54.6 Å². The predicted octanol–water partition coefficient (Wildman–Crippen LogP) is 8.39. The number of sulfonamides is 1. The van der Waals surface area contributed by atoms with E-state index in [-0.39, 0.29) is 35.3 Å². The molecule has 3 aromatic carbocycles. The molecule has 0 spiro atoms. The second-order valence-electron chi connectivity index (χ2n) is 13.6. The molecule has 4 aromatic rings. The molecule has 258 valence electrons. The van der Waals surface area contributed by atoms with Gasteiger partial charge < -0.3 is 4.74 Å². The lowest BCUT2D eigenvalue weighted by molar-refractivity contribution is -0.152. The van der Waals surface area contributed by atoms with Crippen LogP contribution < -0.4 is 4.72 Å². The Labute approximate surface area is 287 Å². The highest BCUT2D eigenvalue weighted by Gasteiger charge is 2.35. The molecule has 0 radical (unpaired) electrons. The van der Waals surface area contributed by atoms with Crippen molar-refractivity contribution in [1.82, 2.24) is 19.7 Å². The van der Waals surface area contributed by atoms with Crippen LogP contribution in [0.3, 0.4) is 0 Å². The first-order valence-corrected chi connectivity index (χ1v) is 18.8. The molecule has 0 amide bonds. The second-order valence-corrected chi connectivity index (χ2v) is 15.5. The van der Waals surface area contributed by atoms with Gasteiger partial charge in [-0.3, -0.25) is 4.79 Å². The molecule has 0 atom stereocenters. The highest BCUT2D eigenvalue weighted by atomic mass is 32.2. The zero-order chi connectivity index (χ0) is 34.7. The van der Waals surface area contributed by atoms with E-state index in [9.17, 15) is 13.2 Å². The highest BCUT2D eigenvalue weighted by Crippen LogP contribution is 2.30. The fourth-order valence-electron chi connectivity index (χ4n) is 5.26. The SMILES string of the molecule is CC(C)C(=O)OC1CCCC1.CC(C)NS(=O)(=O)C1CC1.CC(C)n1nc(-c2ccccc2)c(-c2ccc(Cc3ccccc3)cc2)n1. The van der Waals surface area contributed by atoms with Crippen LogP contribution in [0.4, 0.5) is 0 Å². The van der Waals surface area contributed by atoms with Gasteiger partial charge in [-0.1, -0.05) is 98.8 Å². The van der Waals surface area contributed by atoms with Crippen molar-refractivity contribution in [3.8, 4) is 22.5 Å². The van der Waals surface area contributed by atoms with E-state index in [4.69, 9.17) is 14.9 Å². The van der Waals surface area contributed by atoms with Crippen LogP contribution in [0.2, 0.25) is 0 Å². The molecule has 9 heteroatoms. The van der Waals surface area contributed by atoms with Gasteiger partial charge in [0.15, 0.2) is 0 Å². The first-order chi connectivity index (χ1) is 22.9. The standard InChI is InChI=1S/C24H23N3.C9H16O2.C6H13NO2S/c1-18(2)27-25-23(21-11-7-4-8-12-21)24(26-27)22-15-13-20(14-16-22)17-19-9-5-3-6-10-19;1-7(2)9(10)11-8-5-3-4-6-8;1-5(2)7-10(8,9)6-3-4-6/h3-16,18H,17H2,1-2H3;7-8H,3-6H2,1-2H3;5-7H,3-4H2,1-2H3. The smallest absolute Gasteiger partial charge is 0.308 e. The lowest BCUT2D eigenvalue weighted by Gasteiger charge is -2.12. The van der Waals surface area contributed by atoms with Crippen molar-refractivity contribution in [3.63, 3.8) is 0 Å². The van der Waals surface area contributed by atoms with Crippen LogP contribution in [0.1, 0.15) is 97.2 Å². The summed E-state index contributed by atoms with van der Waals surface area (Å²) in [6.07, 6.45) is 7.41. The lowest BCUT2D eigenvalue weighted by Crippen LogP contribution is -2.32. The van der Waals surface area contributed by atoms with E-state index < -0.39 is 10.0 Å². The first kappa shape index (κ1) is 37.0. The Morgan fingerprint density at radius 3 is 1.73 bits per heavy atom. The van der Waals surface area contributed by atoms with Gasteiger partial charge in [0.05, 0.1) is 17.2 Å². The number of carbonyl (C=O) groups excluding carboxylic acids is 1. The molecule has 0 saturated heterocycles. The minimum absolute atomic E-state index is 0.0237. The topological polar surface area (TPSA) is 103 Å². The number of hydrogen-bond acceptors (Lipinski definition) is 6. The summed E-state index contributed by atoms with van der Waals surface area (Å²) < 4.78 is 30.0. The normalized spacial score (nSPS) is 14.8. The van der Waals surface area contributed by atoms with Crippen LogP contribution in [0.5, 0.6) is 0 Å². The Balaban J connectivity index is 0.000000203. The van der Waals surface area contributed by atoms with E-state index in [1.54, 1.807) is 4.80 Å². The Kier molecular flexibility index (Phi) is 13.5. The molecule has 2 aliphatic rings. The van der Waals surface area contributed by atoms with Crippen molar-refractivity contribution in [2.75, 3.05) is 0 Å². The van der Waals surface area contributed by atoms with Gasteiger partial charge in [-0.05, 0) is 83.8 Å². The predicted molar refractivity (Wildman–Crippen MR) is 194 cm³/mol. The van der Waals surface area contributed by atoms with Crippen molar-refractivity contribution < 1.29 is 17.9 Å². The maximum absolute atomic E-state index is 11.1. The van der Waals surface area contributed by atoms with Crippen molar-refractivity contribution in [1.29, 1.82) is 0 Å². The highest BCUT2D eigenvalue weighted by molar-refractivity contribution is 7.90. The summed E-state index contributed by atoms with van der Waals surface area (Å²) in [5.41, 5.74) is 6.66. The number of benzene rings is 3. The summed E-state index contributed by atoms with van der Waals surface area (Å²) in [5, 5.41) is 9.44. The summed E-state index contributed by atoms with van der Waals surface area (Å²) in [6, 6.07) is 29.7. The lowest BCUT2D eigenvalue weighted by atomic mass is 10.0. The van der Waals surface area contributed by atoms with E-state index in [1.807, 2.05) is 45.9 Å². The quantitative estimate of drug-likeness (QED) is 0.170. The molecule has 8 nitrogen and oxygen atoms in total.